The number of para-hydroxylation sites is 2. The van der Waals surface area contributed by atoms with Gasteiger partial charge in [0.1, 0.15) is 6.61 Å². The van der Waals surface area contributed by atoms with Gasteiger partial charge in [-0.2, -0.15) is 0 Å². The van der Waals surface area contributed by atoms with Crippen LogP contribution in [0, 0.1) is 0 Å². The van der Waals surface area contributed by atoms with Crippen LogP contribution in [0.3, 0.4) is 0 Å². The third kappa shape index (κ3) is 4.94. The van der Waals surface area contributed by atoms with Crippen LogP contribution in [-0.4, -0.2) is 37.5 Å². The lowest BCUT2D eigenvalue weighted by Gasteiger charge is -2.18. The van der Waals surface area contributed by atoms with Gasteiger partial charge in [-0.1, -0.05) is 19.1 Å². The molecule has 0 amide bonds. The number of ether oxygens (including phenoxy) is 2. The normalized spacial score (nSPS) is 12.2. The van der Waals surface area contributed by atoms with E-state index in [9.17, 15) is 0 Å². The molecule has 0 aliphatic rings. The molecule has 1 unspecified atom stereocenters. The number of aliphatic hydroxyl groups is 1. The highest BCUT2D eigenvalue weighted by Gasteiger charge is 2.09. The van der Waals surface area contributed by atoms with Crippen molar-refractivity contribution < 1.29 is 14.6 Å². The lowest BCUT2D eigenvalue weighted by molar-refractivity contribution is 0.208. The van der Waals surface area contributed by atoms with E-state index in [0.717, 1.165) is 18.0 Å². The van der Waals surface area contributed by atoms with E-state index < -0.39 is 0 Å². The summed E-state index contributed by atoms with van der Waals surface area (Å²) < 4.78 is 11.3. The van der Waals surface area contributed by atoms with Gasteiger partial charge in [-0.05, 0) is 32.0 Å². The van der Waals surface area contributed by atoms with E-state index in [1.165, 1.54) is 0 Å². The molecule has 0 radical (unpaired) electrons. The van der Waals surface area contributed by atoms with Crippen molar-refractivity contribution in [3.8, 4) is 11.5 Å². The minimum Gasteiger partial charge on any atom is -0.490 e. The number of hydrogen-bond acceptors (Lipinski definition) is 4. The van der Waals surface area contributed by atoms with Crippen molar-refractivity contribution in [2.75, 3.05) is 26.4 Å². The van der Waals surface area contributed by atoms with E-state index in [0.29, 0.717) is 19.6 Å². The van der Waals surface area contributed by atoms with Crippen LogP contribution in [-0.2, 0) is 0 Å². The average molecular weight is 253 g/mol. The largest absolute Gasteiger partial charge is 0.490 e. The Bertz CT molecular complexity index is 325. The van der Waals surface area contributed by atoms with Crippen molar-refractivity contribution in [3.05, 3.63) is 24.3 Å². The summed E-state index contributed by atoms with van der Waals surface area (Å²) in [6.07, 6.45) is 0.685. The monoisotopic (exact) mass is 253 g/mol. The Morgan fingerprint density at radius 3 is 2.39 bits per heavy atom. The van der Waals surface area contributed by atoms with Crippen molar-refractivity contribution in [3.63, 3.8) is 0 Å². The standard InChI is InChI=1S/C14H23NO3/c1-3-15-12(9-10-16)11-18-14-8-6-5-7-13(14)17-4-2/h5-8,12,15-16H,3-4,9-11H2,1-2H3. The van der Waals surface area contributed by atoms with Gasteiger partial charge in [0.05, 0.1) is 6.61 Å². The van der Waals surface area contributed by atoms with E-state index in [1.807, 2.05) is 38.1 Å². The Morgan fingerprint density at radius 1 is 1.17 bits per heavy atom. The highest BCUT2D eigenvalue weighted by atomic mass is 16.5. The molecule has 4 nitrogen and oxygen atoms in total. The van der Waals surface area contributed by atoms with Crippen LogP contribution in [0.25, 0.3) is 0 Å². The van der Waals surface area contributed by atoms with Crippen LogP contribution in [0.15, 0.2) is 24.3 Å². The molecular formula is C14H23NO3. The van der Waals surface area contributed by atoms with Gasteiger partial charge in [-0.3, -0.25) is 0 Å². The molecule has 0 bridgehead atoms. The summed E-state index contributed by atoms with van der Waals surface area (Å²) in [7, 11) is 0. The maximum Gasteiger partial charge on any atom is 0.161 e. The molecule has 0 heterocycles. The Morgan fingerprint density at radius 2 is 1.83 bits per heavy atom. The molecule has 102 valence electrons. The van der Waals surface area contributed by atoms with Crippen molar-refractivity contribution in [2.45, 2.75) is 26.3 Å². The fourth-order valence-corrected chi connectivity index (χ4v) is 1.72. The maximum atomic E-state index is 8.98. The third-order valence-electron chi connectivity index (χ3n) is 2.56. The summed E-state index contributed by atoms with van der Waals surface area (Å²) in [6, 6.07) is 7.80. The van der Waals surface area contributed by atoms with E-state index in [2.05, 4.69) is 5.32 Å². The van der Waals surface area contributed by atoms with Gasteiger partial charge in [0.15, 0.2) is 11.5 Å². The topological polar surface area (TPSA) is 50.7 Å². The van der Waals surface area contributed by atoms with Crippen LogP contribution < -0.4 is 14.8 Å². The maximum absolute atomic E-state index is 8.98. The van der Waals surface area contributed by atoms with E-state index in [4.69, 9.17) is 14.6 Å². The first-order valence-electron chi connectivity index (χ1n) is 6.50. The predicted molar refractivity (Wildman–Crippen MR) is 72.3 cm³/mol. The molecule has 2 N–H and O–H groups in total. The summed E-state index contributed by atoms with van der Waals surface area (Å²) in [5, 5.41) is 12.3. The zero-order valence-electron chi connectivity index (χ0n) is 11.2. The van der Waals surface area contributed by atoms with Crippen molar-refractivity contribution in [1.29, 1.82) is 0 Å². The fourth-order valence-electron chi connectivity index (χ4n) is 1.72. The molecule has 1 aromatic carbocycles. The van der Waals surface area contributed by atoms with Crippen LogP contribution in [0.5, 0.6) is 11.5 Å². The SMILES string of the molecule is CCNC(CCO)COc1ccccc1OCC. The van der Waals surface area contributed by atoms with E-state index in [-0.39, 0.29) is 12.6 Å². The van der Waals surface area contributed by atoms with Gasteiger partial charge in [0, 0.05) is 12.6 Å². The highest BCUT2D eigenvalue weighted by Crippen LogP contribution is 2.26. The third-order valence-corrected chi connectivity index (χ3v) is 2.56. The van der Waals surface area contributed by atoms with Gasteiger partial charge >= 0.3 is 0 Å². The second-order valence-electron chi connectivity index (χ2n) is 3.96. The minimum absolute atomic E-state index is 0.161. The van der Waals surface area contributed by atoms with Crippen molar-refractivity contribution in [2.24, 2.45) is 0 Å². The second kappa shape index (κ2) is 8.78. The summed E-state index contributed by atoms with van der Waals surface area (Å²) in [5.41, 5.74) is 0. The lowest BCUT2D eigenvalue weighted by Crippen LogP contribution is -2.35. The molecular weight excluding hydrogens is 230 g/mol. The molecule has 0 saturated heterocycles. The quantitative estimate of drug-likeness (QED) is 0.705. The van der Waals surface area contributed by atoms with Crippen LogP contribution in [0.1, 0.15) is 20.3 Å². The summed E-state index contributed by atoms with van der Waals surface area (Å²) in [5.74, 6) is 1.51. The average Bonchev–Trinajstić information content (AvgIpc) is 2.38. The molecule has 1 atom stereocenters. The Balaban J connectivity index is 2.54. The molecule has 4 heteroatoms. The van der Waals surface area contributed by atoms with Crippen molar-refractivity contribution in [1.82, 2.24) is 5.32 Å². The first-order valence-corrected chi connectivity index (χ1v) is 6.50. The first-order chi connectivity index (χ1) is 8.81. The Kier molecular flexibility index (Phi) is 7.22. The molecule has 0 aliphatic carbocycles. The minimum atomic E-state index is 0.161. The number of aliphatic hydroxyl groups excluding tert-OH is 1. The number of rotatable bonds is 9. The molecule has 0 fully saturated rings. The second-order valence-corrected chi connectivity index (χ2v) is 3.96. The fraction of sp³-hybridized carbons (Fsp3) is 0.571. The number of hydrogen-bond donors (Lipinski definition) is 2. The zero-order valence-corrected chi connectivity index (χ0v) is 11.2. The zero-order chi connectivity index (χ0) is 13.2. The summed E-state index contributed by atoms with van der Waals surface area (Å²) in [4.78, 5) is 0. The Labute approximate surface area is 109 Å². The van der Waals surface area contributed by atoms with Crippen LogP contribution >= 0.6 is 0 Å². The van der Waals surface area contributed by atoms with E-state index >= 15 is 0 Å². The number of likely N-dealkylation sites (N-methyl/N-ethyl adjacent to an activating group) is 1. The number of benzene rings is 1. The van der Waals surface area contributed by atoms with Gasteiger partial charge in [-0.15, -0.1) is 0 Å². The molecule has 0 aliphatic heterocycles. The van der Waals surface area contributed by atoms with E-state index in [1.54, 1.807) is 0 Å². The molecule has 0 saturated carbocycles. The molecule has 1 rings (SSSR count). The molecule has 0 spiro atoms. The Hall–Kier alpha value is -1.26. The molecule has 1 aromatic rings. The van der Waals surface area contributed by atoms with Gasteiger partial charge < -0.3 is 19.9 Å². The summed E-state index contributed by atoms with van der Waals surface area (Å²) >= 11 is 0. The van der Waals surface area contributed by atoms with Crippen LogP contribution in [0.2, 0.25) is 0 Å². The van der Waals surface area contributed by atoms with Gasteiger partial charge in [-0.25, -0.2) is 0 Å². The summed E-state index contributed by atoms with van der Waals surface area (Å²) in [6.45, 7) is 6.16. The number of nitrogens with one attached hydrogen (secondary N) is 1. The van der Waals surface area contributed by atoms with Gasteiger partial charge in [0.2, 0.25) is 0 Å². The predicted octanol–water partition coefficient (Wildman–Crippen LogP) is 1.82. The smallest absolute Gasteiger partial charge is 0.161 e. The lowest BCUT2D eigenvalue weighted by atomic mass is 10.2. The van der Waals surface area contributed by atoms with Gasteiger partial charge in [0.25, 0.3) is 0 Å². The molecule has 18 heavy (non-hydrogen) atoms. The van der Waals surface area contributed by atoms with Crippen molar-refractivity contribution >= 4 is 0 Å². The van der Waals surface area contributed by atoms with Crippen LogP contribution in [0.4, 0.5) is 0 Å². The first kappa shape index (κ1) is 14.8. The highest BCUT2D eigenvalue weighted by molar-refractivity contribution is 5.39. The molecule has 0 aromatic heterocycles.